The molecule has 3 rings (SSSR count). The average molecular weight is 374 g/mol. The van der Waals surface area contributed by atoms with Crippen molar-refractivity contribution >= 4 is 11.6 Å². The summed E-state index contributed by atoms with van der Waals surface area (Å²) < 4.78 is 0. The van der Waals surface area contributed by atoms with Gasteiger partial charge in [0, 0.05) is 31.5 Å². The molecule has 0 radical (unpaired) electrons. The summed E-state index contributed by atoms with van der Waals surface area (Å²) in [6.07, 6.45) is 3.39. The van der Waals surface area contributed by atoms with E-state index in [0.29, 0.717) is 18.7 Å². The van der Waals surface area contributed by atoms with E-state index < -0.39 is 0 Å². The van der Waals surface area contributed by atoms with Crippen LogP contribution in [0.5, 0.6) is 0 Å². The quantitative estimate of drug-likeness (QED) is 0.630. The van der Waals surface area contributed by atoms with E-state index in [4.69, 9.17) is 0 Å². The lowest BCUT2D eigenvalue weighted by atomic mass is 10.1. The van der Waals surface area contributed by atoms with Crippen molar-refractivity contribution in [3.8, 4) is 0 Å². The van der Waals surface area contributed by atoms with Crippen molar-refractivity contribution in [1.29, 1.82) is 0 Å². The number of amides is 1. The Morgan fingerprint density at radius 3 is 2.39 bits per heavy atom. The van der Waals surface area contributed by atoms with E-state index in [2.05, 4.69) is 41.5 Å². The second-order valence-electron chi connectivity index (χ2n) is 7.31. The molecule has 144 valence electrons. The molecule has 2 aromatic carbocycles. The van der Waals surface area contributed by atoms with Gasteiger partial charge in [0.2, 0.25) is 0 Å². The van der Waals surface area contributed by atoms with Crippen molar-refractivity contribution in [2.45, 2.75) is 39.9 Å². The van der Waals surface area contributed by atoms with Crippen LogP contribution in [0.2, 0.25) is 0 Å². The van der Waals surface area contributed by atoms with Crippen molar-refractivity contribution in [3.63, 3.8) is 0 Å². The number of nitrogens with one attached hydrogen (secondary N) is 1. The topological polar surface area (TPSA) is 45.2 Å². The molecule has 0 saturated heterocycles. The predicted octanol–water partition coefficient (Wildman–Crippen LogP) is 5.05. The van der Waals surface area contributed by atoms with E-state index in [1.807, 2.05) is 55.1 Å². The van der Waals surface area contributed by atoms with Crippen LogP contribution in [0.25, 0.3) is 0 Å². The summed E-state index contributed by atoms with van der Waals surface area (Å²) >= 11 is 0. The van der Waals surface area contributed by atoms with E-state index in [0.717, 1.165) is 11.3 Å². The van der Waals surface area contributed by atoms with Crippen LogP contribution >= 0.6 is 0 Å². The van der Waals surface area contributed by atoms with Gasteiger partial charge in [0.1, 0.15) is 0 Å². The molecule has 0 bridgehead atoms. The fraction of sp³-hybridized carbons (Fsp3) is 0.250. The Morgan fingerprint density at radius 1 is 1.00 bits per heavy atom. The van der Waals surface area contributed by atoms with Gasteiger partial charge in [0.25, 0.3) is 5.91 Å². The molecule has 0 atom stereocenters. The second-order valence-corrected chi connectivity index (χ2v) is 7.31. The largest absolute Gasteiger partial charge is 0.380 e. The maximum atomic E-state index is 13.1. The van der Waals surface area contributed by atoms with Crippen LogP contribution in [0.15, 0.2) is 73.1 Å². The molecule has 1 aromatic heterocycles. The van der Waals surface area contributed by atoms with Gasteiger partial charge in [0.05, 0.1) is 11.3 Å². The van der Waals surface area contributed by atoms with Crippen molar-refractivity contribution in [2.75, 3.05) is 5.32 Å². The molecule has 1 heterocycles. The first-order valence-corrected chi connectivity index (χ1v) is 9.62. The molecule has 0 aliphatic rings. The zero-order valence-corrected chi connectivity index (χ0v) is 16.7. The Kier molecular flexibility index (Phi) is 6.43. The molecule has 3 aromatic rings. The predicted molar refractivity (Wildman–Crippen MR) is 114 cm³/mol. The van der Waals surface area contributed by atoms with Crippen molar-refractivity contribution in [3.05, 3.63) is 95.3 Å². The number of aromatic nitrogens is 1. The first kappa shape index (κ1) is 19.6. The number of anilines is 1. The molecule has 0 fully saturated rings. The van der Waals surface area contributed by atoms with Crippen LogP contribution in [0.4, 0.5) is 5.69 Å². The molecule has 4 nitrogen and oxygen atoms in total. The summed E-state index contributed by atoms with van der Waals surface area (Å²) in [6.45, 7) is 7.42. The van der Waals surface area contributed by atoms with E-state index in [1.165, 1.54) is 11.1 Å². The lowest BCUT2D eigenvalue weighted by Crippen LogP contribution is -2.36. The molecule has 1 amide bonds. The molecule has 0 unspecified atom stereocenters. The zero-order chi connectivity index (χ0) is 19.9. The maximum absolute atomic E-state index is 13.1. The number of hydrogen-bond acceptors (Lipinski definition) is 3. The average Bonchev–Trinajstić information content (AvgIpc) is 2.72. The van der Waals surface area contributed by atoms with Crippen LogP contribution in [-0.2, 0) is 13.1 Å². The first-order valence-electron chi connectivity index (χ1n) is 9.62. The van der Waals surface area contributed by atoms with Crippen molar-refractivity contribution in [1.82, 2.24) is 9.88 Å². The third-order valence-electron chi connectivity index (χ3n) is 4.68. The minimum absolute atomic E-state index is 0.00895. The highest BCUT2D eigenvalue weighted by Crippen LogP contribution is 2.16. The number of hydrogen-bond donors (Lipinski definition) is 1. The van der Waals surface area contributed by atoms with Crippen molar-refractivity contribution in [2.24, 2.45) is 0 Å². The lowest BCUT2D eigenvalue weighted by molar-refractivity contribution is 0.0690. The number of aryl methyl sites for hydroxylation is 1. The summed E-state index contributed by atoms with van der Waals surface area (Å²) in [5.74, 6) is -0.00895. The molecule has 1 N–H and O–H groups in total. The first-order chi connectivity index (χ1) is 13.5. The standard InChI is InChI=1S/C24H27N3O/c1-18(2)27(17-21-7-5-4-6-8-21)24(28)22-13-23(16-25-15-22)26-14-20-11-9-19(3)10-12-20/h4-13,15-16,18,26H,14,17H2,1-3H3. The van der Waals surface area contributed by atoms with Gasteiger partial charge in [-0.2, -0.15) is 0 Å². The van der Waals surface area contributed by atoms with E-state index in [1.54, 1.807) is 12.4 Å². The Balaban J connectivity index is 1.71. The summed E-state index contributed by atoms with van der Waals surface area (Å²) in [4.78, 5) is 19.3. The van der Waals surface area contributed by atoms with Crippen LogP contribution in [-0.4, -0.2) is 21.8 Å². The van der Waals surface area contributed by atoms with Crippen LogP contribution < -0.4 is 5.32 Å². The molecule has 0 aliphatic carbocycles. The van der Waals surface area contributed by atoms with Crippen LogP contribution in [0, 0.1) is 6.92 Å². The van der Waals surface area contributed by atoms with Gasteiger partial charge in [-0.15, -0.1) is 0 Å². The highest BCUT2D eigenvalue weighted by Gasteiger charge is 2.19. The highest BCUT2D eigenvalue weighted by molar-refractivity contribution is 5.94. The number of rotatable bonds is 7. The third kappa shape index (κ3) is 5.19. The van der Waals surface area contributed by atoms with Crippen molar-refractivity contribution < 1.29 is 4.79 Å². The van der Waals surface area contributed by atoms with E-state index in [9.17, 15) is 4.79 Å². The summed E-state index contributed by atoms with van der Waals surface area (Å²) in [5, 5.41) is 3.36. The fourth-order valence-corrected chi connectivity index (χ4v) is 3.00. The van der Waals surface area contributed by atoms with Gasteiger partial charge in [-0.25, -0.2) is 0 Å². The van der Waals surface area contributed by atoms with Gasteiger partial charge in [0.15, 0.2) is 0 Å². The number of nitrogens with zero attached hydrogens (tertiary/aromatic N) is 2. The Labute approximate surface area is 167 Å². The maximum Gasteiger partial charge on any atom is 0.256 e. The Morgan fingerprint density at radius 2 is 1.71 bits per heavy atom. The molecule has 4 heteroatoms. The fourth-order valence-electron chi connectivity index (χ4n) is 3.00. The Bertz CT molecular complexity index is 905. The number of pyridine rings is 1. The third-order valence-corrected chi connectivity index (χ3v) is 4.68. The summed E-state index contributed by atoms with van der Waals surface area (Å²) in [5.41, 5.74) is 4.99. The van der Waals surface area contributed by atoms with Gasteiger partial charge >= 0.3 is 0 Å². The molecule has 0 spiro atoms. The minimum Gasteiger partial charge on any atom is -0.380 e. The monoisotopic (exact) mass is 373 g/mol. The Hall–Kier alpha value is -3.14. The van der Waals surface area contributed by atoms with E-state index in [-0.39, 0.29) is 11.9 Å². The van der Waals surface area contributed by atoms with Crippen LogP contribution in [0.1, 0.15) is 40.9 Å². The van der Waals surface area contributed by atoms with Gasteiger partial charge in [-0.05, 0) is 38.0 Å². The van der Waals surface area contributed by atoms with E-state index >= 15 is 0 Å². The number of carbonyl (C=O) groups is 1. The molecule has 0 saturated carbocycles. The normalized spacial score (nSPS) is 10.7. The number of carbonyl (C=O) groups excluding carboxylic acids is 1. The van der Waals surface area contributed by atoms with Gasteiger partial charge < -0.3 is 10.2 Å². The second kappa shape index (κ2) is 9.18. The zero-order valence-electron chi connectivity index (χ0n) is 16.7. The highest BCUT2D eigenvalue weighted by atomic mass is 16.2. The SMILES string of the molecule is Cc1ccc(CNc2cncc(C(=O)N(Cc3ccccc3)C(C)C)c2)cc1. The molecule has 28 heavy (non-hydrogen) atoms. The van der Waals surface area contributed by atoms with Crippen LogP contribution in [0.3, 0.4) is 0 Å². The summed E-state index contributed by atoms with van der Waals surface area (Å²) in [6, 6.07) is 20.4. The smallest absolute Gasteiger partial charge is 0.256 e. The molecular formula is C24H27N3O. The van der Waals surface area contributed by atoms with Gasteiger partial charge in [-0.3, -0.25) is 9.78 Å². The minimum atomic E-state index is -0.00895. The molecule has 0 aliphatic heterocycles. The number of benzene rings is 2. The summed E-state index contributed by atoms with van der Waals surface area (Å²) in [7, 11) is 0. The lowest BCUT2D eigenvalue weighted by Gasteiger charge is -2.27. The molecular weight excluding hydrogens is 346 g/mol. The van der Waals surface area contributed by atoms with Gasteiger partial charge in [-0.1, -0.05) is 60.2 Å².